The predicted octanol–water partition coefficient (Wildman–Crippen LogP) is 1.06. The van der Waals surface area contributed by atoms with E-state index in [1.54, 1.807) is 21.6 Å². The Kier molecular flexibility index (Phi) is 2.69. The lowest BCUT2D eigenvalue weighted by Gasteiger charge is -2.17. The van der Waals surface area contributed by atoms with Crippen molar-refractivity contribution in [3.63, 3.8) is 0 Å². The number of pyridine rings is 1. The molecule has 0 aromatic carbocycles. The summed E-state index contributed by atoms with van der Waals surface area (Å²) in [5, 5.41) is 11.7. The minimum absolute atomic E-state index is 0.0254. The number of anilines is 1. The molecule has 27 heavy (non-hydrogen) atoms. The summed E-state index contributed by atoms with van der Waals surface area (Å²) in [4.78, 5) is 25.1. The van der Waals surface area contributed by atoms with Crippen molar-refractivity contribution in [1.82, 2.24) is 34.5 Å². The summed E-state index contributed by atoms with van der Waals surface area (Å²) in [6.07, 6.45) is 6.84. The van der Waals surface area contributed by atoms with Gasteiger partial charge >= 0.3 is 0 Å². The Morgan fingerprint density at radius 1 is 1.33 bits per heavy atom. The molecular weight excluding hydrogens is 348 g/mol. The fourth-order valence-electron chi connectivity index (χ4n) is 3.81. The third-order valence-corrected chi connectivity index (χ3v) is 5.62. The van der Waals surface area contributed by atoms with Crippen molar-refractivity contribution in [2.45, 2.75) is 25.2 Å². The predicted molar refractivity (Wildman–Crippen MR) is 92.3 cm³/mol. The molecular formula is C17H16N8O2. The molecule has 3 aromatic heterocycles. The highest BCUT2D eigenvalue weighted by Crippen LogP contribution is 2.74. The van der Waals surface area contributed by atoms with Crippen LogP contribution in [-0.4, -0.2) is 47.0 Å². The average molecular weight is 364 g/mol. The van der Waals surface area contributed by atoms with Crippen LogP contribution in [0.4, 0.5) is 5.69 Å². The lowest BCUT2D eigenvalue weighted by Crippen LogP contribution is -2.26. The van der Waals surface area contributed by atoms with Gasteiger partial charge in [0.15, 0.2) is 18.3 Å². The molecule has 136 valence electrons. The number of nitrogens with one attached hydrogen (secondary N) is 1. The molecule has 0 bridgehead atoms. The monoisotopic (exact) mass is 364 g/mol. The van der Waals surface area contributed by atoms with Gasteiger partial charge in [-0.2, -0.15) is 14.8 Å². The van der Waals surface area contributed by atoms with Gasteiger partial charge in [0.05, 0.1) is 0 Å². The van der Waals surface area contributed by atoms with Crippen molar-refractivity contribution in [3.05, 3.63) is 24.4 Å². The zero-order chi connectivity index (χ0) is 18.2. The van der Waals surface area contributed by atoms with Crippen LogP contribution in [0.1, 0.15) is 31.0 Å². The molecule has 3 aliphatic rings. The molecule has 1 unspecified atom stereocenters. The maximum Gasteiger partial charge on any atom is 0.262 e. The third kappa shape index (κ3) is 2.19. The minimum Gasteiger partial charge on any atom is -0.466 e. The number of ether oxygens (including phenoxy) is 1. The van der Waals surface area contributed by atoms with Gasteiger partial charge in [-0.3, -0.25) is 4.79 Å². The van der Waals surface area contributed by atoms with Crippen molar-refractivity contribution in [2.75, 3.05) is 11.9 Å². The highest BCUT2D eigenvalue weighted by Gasteiger charge is 2.64. The second-order valence-corrected chi connectivity index (χ2v) is 7.42. The van der Waals surface area contributed by atoms with E-state index in [1.165, 1.54) is 19.2 Å². The molecule has 1 spiro atoms. The Bertz CT molecular complexity index is 1100. The molecule has 1 N–H and O–H groups in total. The van der Waals surface area contributed by atoms with Gasteiger partial charge in [0.1, 0.15) is 12.0 Å². The van der Waals surface area contributed by atoms with E-state index in [2.05, 4.69) is 20.4 Å². The zero-order valence-electron chi connectivity index (χ0n) is 14.6. The topological polar surface area (TPSA) is 113 Å². The van der Waals surface area contributed by atoms with Gasteiger partial charge in [0.25, 0.3) is 11.9 Å². The van der Waals surface area contributed by atoms with E-state index >= 15 is 0 Å². The molecule has 3 aromatic rings. The maximum atomic E-state index is 11.6. The Morgan fingerprint density at radius 3 is 2.96 bits per heavy atom. The zero-order valence-corrected chi connectivity index (χ0v) is 14.6. The van der Waals surface area contributed by atoms with Gasteiger partial charge in [-0.15, -0.1) is 5.10 Å². The number of rotatable bonds is 3. The Balaban J connectivity index is 1.48. The van der Waals surface area contributed by atoms with Crippen LogP contribution in [0.5, 0.6) is 5.88 Å². The number of aromatic nitrogens is 7. The maximum absolute atomic E-state index is 11.6. The summed E-state index contributed by atoms with van der Waals surface area (Å²) in [6, 6.07) is 1.81. The van der Waals surface area contributed by atoms with Crippen molar-refractivity contribution in [3.8, 4) is 23.2 Å². The average Bonchev–Trinajstić information content (AvgIpc) is 3.49. The molecule has 2 saturated carbocycles. The van der Waals surface area contributed by atoms with Gasteiger partial charge in [-0.25, -0.2) is 14.6 Å². The molecule has 2 fully saturated rings. The number of nitrogens with zero attached hydrogens (tertiary/aromatic N) is 7. The molecule has 1 aliphatic heterocycles. The lowest BCUT2D eigenvalue weighted by molar-refractivity contribution is -0.118. The minimum atomic E-state index is -0.203. The van der Waals surface area contributed by atoms with Gasteiger partial charge in [0.2, 0.25) is 5.88 Å². The number of amides is 1. The van der Waals surface area contributed by atoms with Crippen LogP contribution in [-0.2, 0) is 11.8 Å². The summed E-state index contributed by atoms with van der Waals surface area (Å²) < 4.78 is 8.70. The Hall–Kier alpha value is -3.30. The second kappa shape index (κ2) is 4.90. The van der Waals surface area contributed by atoms with E-state index < -0.39 is 0 Å². The number of carbonyl (C=O) groups excluding carboxylic acids is 1. The summed E-state index contributed by atoms with van der Waals surface area (Å²) in [6.45, 7) is -0.0254. The van der Waals surface area contributed by atoms with E-state index in [4.69, 9.17) is 14.8 Å². The number of fused-ring (bicyclic) bond motifs is 1. The van der Waals surface area contributed by atoms with Crippen molar-refractivity contribution in [2.24, 2.45) is 12.5 Å². The molecule has 0 saturated heterocycles. The lowest BCUT2D eigenvalue weighted by atomic mass is 10.2. The van der Waals surface area contributed by atoms with Gasteiger partial charge in [-0.05, 0) is 30.7 Å². The van der Waals surface area contributed by atoms with Crippen LogP contribution >= 0.6 is 0 Å². The van der Waals surface area contributed by atoms with Crippen LogP contribution in [0.15, 0.2) is 18.6 Å². The third-order valence-electron chi connectivity index (χ3n) is 5.62. The first-order valence-corrected chi connectivity index (χ1v) is 8.87. The summed E-state index contributed by atoms with van der Waals surface area (Å²) in [5.74, 6) is 2.65. The Morgan fingerprint density at radius 2 is 2.22 bits per heavy atom. The summed E-state index contributed by atoms with van der Waals surface area (Å²) >= 11 is 0. The number of carbonyl (C=O) groups is 1. The Labute approximate surface area is 153 Å². The molecule has 4 heterocycles. The number of aryl methyl sites for hydroxylation is 1. The number of hydrogen-bond donors (Lipinski definition) is 1. The molecule has 0 radical (unpaired) electrons. The van der Waals surface area contributed by atoms with Crippen LogP contribution < -0.4 is 10.1 Å². The van der Waals surface area contributed by atoms with Crippen LogP contribution in [0.3, 0.4) is 0 Å². The molecule has 1 atom stereocenters. The highest BCUT2D eigenvalue weighted by molar-refractivity contribution is 5.95. The fourth-order valence-corrected chi connectivity index (χ4v) is 3.81. The summed E-state index contributed by atoms with van der Waals surface area (Å²) in [5.41, 5.74) is 1.70. The molecule has 10 nitrogen and oxygen atoms in total. The van der Waals surface area contributed by atoms with Gasteiger partial charge in [-0.1, -0.05) is 0 Å². The molecule has 10 heteroatoms. The summed E-state index contributed by atoms with van der Waals surface area (Å²) in [7, 11) is 1.81. The van der Waals surface area contributed by atoms with Crippen LogP contribution in [0.2, 0.25) is 0 Å². The van der Waals surface area contributed by atoms with Crippen LogP contribution in [0.25, 0.3) is 17.3 Å². The van der Waals surface area contributed by atoms with E-state index in [-0.39, 0.29) is 12.5 Å². The SMILES string of the molecule is Cn1ncnc1-n1nc(C2CC23CC3)nc1-c1cnc2c(c1)NC(=O)CO2. The molecule has 6 rings (SSSR count). The largest absolute Gasteiger partial charge is 0.466 e. The molecule has 2 aliphatic carbocycles. The van der Waals surface area contributed by atoms with Crippen LogP contribution in [0, 0.1) is 5.41 Å². The number of hydrogen-bond acceptors (Lipinski definition) is 7. The fraction of sp³-hybridized carbons (Fsp3) is 0.412. The molecule has 1 amide bonds. The second-order valence-electron chi connectivity index (χ2n) is 7.42. The van der Waals surface area contributed by atoms with E-state index in [0.717, 1.165) is 17.8 Å². The van der Waals surface area contributed by atoms with Gasteiger partial charge < -0.3 is 10.1 Å². The first-order chi connectivity index (χ1) is 13.1. The standard InChI is InChI=1S/C17H16N8O2/c1-24-16(19-8-20-24)25-14(22-13(23-25)10-5-17(10)2-3-17)9-4-11-15(18-6-9)27-7-12(26)21-11/h4,6,8,10H,2-3,5,7H2,1H3,(H,21,26). The van der Waals surface area contributed by atoms with E-state index in [0.29, 0.717) is 34.7 Å². The van der Waals surface area contributed by atoms with Gasteiger partial charge in [0, 0.05) is 24.7 Å². The normalized spacial score (nSPS) is 21.5. The van der Waals surface area contributed by atoms with E-state index in [9.17, 15) is 4.79 Å². The van der Waals surface area contributed by atoms with Crippen molar-refractivity contribution in [1.29, 1.82) is 0 Å². The van der Waals surface area contributed by atoms with Crippen molar-refractivity contribution < 1.29 is 9.53 Å². The van der Waals surface area contributed by atoms with E-state index in [1.807, 2.05) is 7.05 Å². The quantitative estimate of drug-likeness (QED) is 0.739. The first kappa shape index (κ1) is 14.8. The van der Waals surface area contributed by atoms with Crippen molar-refractivity contribution >= 4 is 11.6 Å². The highest BCUT2D eigenvalue weighted by atomic mass is 16.5. The first-order valence-electron chi connectivity index (χ1n) is 8.87. The smallest absolute Gasteiger partial charge is 0.262 e.